The third-order valence-corrected chi connectivity index (χ3v) is 8.71. The summed E-state index contributed by atoms with van der Waals surface area (Å²) < 4.78 is 46.7. The number of hydrogen-bond acceptors (Lipinski definition) is 7. The van der Waals surface area contributed by atoms with E-state index in [2.05, 4.69) is 20.2 Å². The third-order valence-electron chi connectivity index (χ3n) is 6.75. The number of carbonyl (C=O) groups excluding carboxylic acids is 1. The van der Waals surface area contributed by atoms with E-state index in [-0.39, 0.29) is 45.3 Å². The summed E-state index contributed by atoms with van der Waals surface area (Å²) in [5, 5.41) is 7.12. The minimum atomic E-state index is -4.19. The maximum atomic E-state index is 13.8. The van der Waals surface area contributed by atoms with E-state index in [0.717, 1.165) is 5.56 Å². The minimum Gasteiger partial charge on any atom is -0.363 e. The van der Waals surface area contributed by atoms with Gasteiger partial charge in [0.05, 0.1) is 22.0 Å². The van der Waals surface area contributed by atoms with Crippen LogP contribution in [0.1, 0.15) is 40.2 Å². The Kier molecular flexibility index (Phi) is 7.97. The molecular weight excluding hydrogens is 580 g/mol. The molecule has 3 heterocycles. The van der Waals surface area contributed by atoms with Crippen molar-refractivity contribution in [1.82, 2.24) is 15.0 Å². The highest BCUT2D eigenvalue weighted by Gasteiger charge is 2.30. The van der Waals surface area contributed by atoms with Crippen molar-refractivity contribution in [2.24, 2.45) is 0 Å². The number of hydrogen-bond donors (Lipinski definition) is 2. The Bertz CT molecular complexity index is 1640. The quantitative estimate of drug-likeness (QED) is 0.251. The zero-order chi connectivity index (χ0) is 28.4. The van der Waals surface area contributed by atoms with Crippen molar-refractivity contribution in [2.45, 2.75) is 30.7 Å². The van der Waals surface area contributed by atoms with Gasteiger partial charge in [-0.25, -0.2) is 9.37 Å². The van der Waals surface area contributed by atoms with E-state index in [4.69, 9.17) is 27.7 Å². The monoisotopic (exact) mass is 603 g/mol. The molecule has 1 amide bonds. The Morgan fingerprint density at radius 2 is 1.82 bits per heavy atom. The van der Waals surface area contributed by atoms with Crippen LogP contribution >= 0.6 is 23.2 Å². The van der Waals surface area contributed by atoms with Crippen LogP contribution in [0, 0.1) is 12.7 Å². The van der Waals surface area contributed by atoms with E-state index in [0.29, 0.717) is 41.7 Å². The number of nitrogens with zero attached hydrogens (tertiary/aromatic N) is 3. The van der Waals surface area contributed by atoms with E-state index in [1.807, 2.05) is 0 Å². The average molecular weight is 604 g/mol. The normalized spacial score (nSPS) is 14.2. The number of rotatable bonds is 7. The van der Waals surface area contributed by atoms with Gasteiger partial charge in [-0.15, -0.1) is 0 Å². The first-order valence-corrected chi connectivity index (χ1v) is 14.6. The van der Waals surface area contributed by atoms with E-state index in [1.54, 1.807) is 42.2 Å². The van der Waals surface area contributed by atoms with Crippen LogP contribution in [0.4, 0.5) is 21.6 Å². The standard InChI is InChI=1S/C27H24Cl2FN5O4S/c1-16-25(32-23-14-19(28)4-7-22(23)29)21(15-31-26(16)40(37,38)34-24-10-13-39-33-24)27(36)35-11-8-18(9-12-35)17-2-5-20(30)6-3-17/h2-7,10,13-15,18H,8-9,11-12H2,1H3,(H,31,32)(H,33,34). The molecule has 1 saturated heterocycles. The molecule has 0 aliphatic carbocycles. The molecule has 4 aromatic rings. The lowest BCUT2D eigenvalue weighted by Crippen LogP contribution is -2.38. The smallest absolute Gasteiger partial charge is 0.280 e. The highest BCUT2D eigenvalue weighted by atomic mass is 35.5. The minimum absolute atomic E-state index is 0.0160. The maximum absolute atomic E-state index is 13.8. The van der Waals surface area contributed by atoms with Gasteiger partial charge in [-0.3, -0.25) is 9.52 Å². The Morgan fingerprint density at radius 3 is 2.50 bits per heavy atom. The van der Waals surface area contributed by atoms with Crippen molar-refractivity contribution in [3.8, 4) is 0 Å². The lowest BCUT2D eigenvalue weighted by Gasteiger charge is -2.33. The van der Waals surface area contributed by atoms with Crippen LogP contribution < -0.4 is 10.0 Å². The summed E-state index contributed by atoms with van der Waals surface area (Å²) in [7, 11) is -4.19. The van der Waals surface area contributed by atoms with E-state index >= 15 is 0 Å². The van der Waals surface area contributed by atoms with Crippen LogP contribution in [0.3, 0.4) is 0 Å². The van der Waals surface area contributed by atoms with Crippen LogP contribution in [0.2, 0.25) is 10.0 Å². The number of benzene rings is 2. The first-order valence-electron chi connectivity index (χ1n) is 12.3. The first kappa shape index (κ1) is 27.9. The molecule has 40 heavy (non-hydrogen) atoms. The summed E-state index contributed by atoms with van der Waals surface area (Å²) in [5.41, 5.74) is 2.01. The molecule has 9 nitrogen and oxygen atoms in total. The van der Waals surface area contributed by atoms with Gasteiger partial charge in [-0.2, -0.15) is 8.42 Å². The number of amides is 1. The highest BCUT2D eigenvalue weighted by Crippen LogP contribution is 2.35. The second kappa shape index (κ2) is 11.4. The van der Waals surface area contributed by atoms with Gasteiger partial charge in [-0.05, 0) is 61.6 Å². The van der Waals surface area contributed by atoms with E-state index in [1.165, 1.54) is 30.7 Å². The third kappa shape index (κ3) is 5.91. The Hall–Kier alpha value is -3.67. The molecule has 13 heteroatoms. The Balaban J connectivity index is 1.47. The predicted molar refractivity (Wildman–Crippen MR) is 150 cm³/mol. The second-order valence-corrected chi connectivity index (χ2v) is 11.8. The van der Waals surface area contributed by atoms with Gasteiger partial charge >= 0.3 is 0 Å². The fraction of sp³-hybridized carbons (Fsp3) is 0.222. The molecule has 2 N–H and O–H groups in total. The molecule has 0 spiro atoms. The molecule has 0 radical (unpaired) electrons. The highest BCUT2D eigenvalue weighted by molar-refractivity contribution is 7.92. The Labute approximate surface area is 240 Å². The van der Waals surface area contributed by atoms with Crippen LogP contribution in [0.25, 0.3) is 0 Å². The van der Waals surface area contributed by atoms with Crippen molar-refractivity contribution in [1.29, 1.82) is 0 Å². The van der Waals surface area contributed by atoms with Gasteiger partial charge < -0.3 is 14.7 Å². The molecule has 1 aliphatic heterocycles. The topological polar surface area (TPSA) is 117 Å². The molecule has 208 valence electrons. The lowest BCUT2D eigenvalue weighted by molar-refractivity contribution is 0.0713. The zero-order valence-corrected chi connectivity index (χ0v) is 23.5. The average Bonchev–Trinajstić information content (AvgIpc) is 3.44. The van der Waals surface area contributed by atoms with Crippen molar-refractivity contribution in [2.75, 3.05) is 23.1 Å². The zero-order valence-electron chi connectivity index (χ0n) is 21.2. The number of aromatic nitrogens is 2. The van der Waals surface area contributed by atoms with Gasteiger partial charge in [-0.1, -0.05) is 40.5 Å². The lowest BCUT2D eigenvalue weighted by atomic mass is 9.89. The summed E-state index contributed by atoms with van der Waals surface area (Å²) in [5.74, 6) is -0.428. The van der Waals surface area contributed by atoms with E-state index < -0.39 is 10.0 Å². The van der Waals surface area contributed by atoms with Crippen molar-refractivity contribution in [3.63, 3.8) is 0 Å². The molecule has 0 saturated carbocycles. The molecule has 0 unspecified atom stereocenters. The molecule has 0 atom stereocenters. The molecular formula is C27H24Cl2FN5O4S. The molecule has 2 aromatic carbocycles. The number of pyridine rings is 1. The summed E-state index contributed by atoms with van der Waals surface area (Å²) in [6.07, 6.45) is 3.86. The van der Waals surface area contributed by atoms with Gasteiger partial charge in [0.2, 0.25) is 0 Å². The Morgan fingerprint density at radius 1 is 1.10 bits per heavy atom. The summed E-state index contributed by atoms with van der Waals surface area (Å²) in [4.78, 5) is 19.6. The van der Waals surface area contributed by atoms with Gasteiger partial charge in [0.1, 0.15) is 12.1 Å². The van der Waals surface area contributed by atoms with Crippen LogP contribution in [-0.4, -0.2) is 42.5 Å². The van der Waals surface area contributed by atoms with Gasteiger partial charge in [0.25, 0.3) is 15.9 Å². The van der Waals surface area contributed by atoms with Gasteiger partial charge in [0, 0.05) is 35.9 Å². The number of nitrogens with one attached hydrogen (secondary N) is 2. The number of likely N-dealkylation sites (tertiary alicyclic amines) is 1. The first-order chi connectivity index (χ1) is 19.1. The molecule has 1 fully saturated rings. The maximum Gasteiger partial charge on any atom is 0.280 e. The number of carbonyl (C=O) groups is 1. The fourth-order valence-electron chi connectivity index (χ4n) is 4.69. The second-order valence-electron chi connectivity index (χ2n) is 9.33. The van der Waals surface area contributed by atoms with Crippen molar-refractivity contribution in [3.05, 3.63) is 93.5 Å². The predicted octanol–water partition coefficient (Wildman–Crippen LogP) is 6.39. The summed E-state index contributed by atoms with van der Waals surface area (Å²) >= 11 is 12.6. The molecule has 1 aliphatic rings. The van der Waals surface area contributed by atoms with Crippen LogP contribution in [-0.2, 0) is 10.0 Å². The van der Waals surface area contributed by atoms with Gasteiger partial charge in [0.15, 0.2) is 10.8 Å². The molecule has 0 bridgehead atoms. The molecule has 5 rings (SSSR count). The number of piperidine rings is 1. The SMILES string of the molecule is Cc1c(S(=O)(=O)Nc2ccon2)ncc(C(=O)N2CCC(c3ccc(F)cc3)CC2)c1Nc1cc(Cl)ccc1Cl. The van der Waals surface area contributed by atoms with E-state index in [9.17, 15) is 17.6 Å². The number of halogens is 3. The fourth-order valence-corrected chi connectivity index (χ4v) is 6.20. The van der Waals surface area contributed by atoms with Crippen LogP contribution in [0.15, 0.2) is 70.5 Å². The number of anilines is 3. The van der Waals surface area contributed by atoms with Crippen molar-refractivity contribution < 1.29 is 22.1 Å². The summed E-state index contributed by atoms with van der Waals surface area (Å²) in [6, 6.07) is 12.6. The van der Waals surface area contributed by atoms with Crippen molar-refractivity contribution >= 4 is 56.3 Å². The van der Waals surface area contributed by atoms with Crippen LogP contribution in [0.5, 0.6) is 0 Å². The number of sulfonamides is 1. The summed E-state index contributed by atoms with van der Waals surface area (Å²) in [6.45, 7) is 2.47. The molecule has 2 aromatic heterocycles. The largest absolute Gasteiger partial charge is 0.363 e.